The van der Waals surface area contributed by atoms with Crippen LogP contribution in [0.3, 0.4) is 0 Å². The van der Waals surface area contributed by atoms with Crippen molar-refractivity contribution < 1.29 is 18.0 Å². The maximum absolute atomic E-state index is 12.7. The Morgan fingerprint density at radius 1 is 1.07 bits per heavy atom. The van der Waals surface area contributed by atoms with Crippen LogP contribution in [0.2, 0.25) is 0 Å². The van der Waals surface area contributed by atoms with Crippen molar-refractivity contribution >= 4 is 5.91 Å². The van der Waals surface area contributed by atoms with E-state index in [0.717, 1.165) is 49.1 Å². The monoisotopic (exact) mass is 375 g/mol. The van der Waals surface area contributed by atoms with E-state index in [1.54, 1.807) is 12.3 Å². The quantitative estimate of drug-likeness (QED) is 0.839. The van der Waals surface area contributed by atoms with Crippen LogP contribution in [0.1, 0.15) is 43.0 Å². The maximum Gasteiger partial charge on any atom is 0.416 e. The molecule has 1 spiro atoms. The second-order valence-electron chi connectivity index (χ2n) is 7.22. The molecule has 27 heavy (non-hydrogen) atoms. The van der Waals surface area contributed by atoms with Crippen molar-refractivity contribution in [3.05, 3.63) is 53.9 Å². The molecule has 0 saturated carbocycles. The number of nitrogens with zero attached hydrogens (tertiary/aromatic N) is 1. The molecule has 2 N–H and O–H groups in total. The lowest BCUT2D eigenvalue weighted by molar-refractivity contribution is -0.137. The molecule has 2 atom stereocenters. The fraction of sp³-hybridized carbons (Fsp3) is 0.400. The number of benzene rings is 1. The zero-order chi connectivity index (χ0) is 19.1. The van der Waals surface area contributed by atoms with Gasteiger partial charge in [-0.15, -0.1) is 0 Å². The van der Waals surface area contributed by atoms with E-state index in [-0.39, 0.29) is 11.9 Å². The van der Waals surface area contributed by atoms with Gasteiger partial charge in [-0.2, -0.15) is 13.2 Å². The number of hydrogen-bond acceptors (Lipinski definition) is 3. The van der Waals surface area contributed by atoms with Gasteiger partial charge < -0.3 is 5.32 Å². The highest BCUT2D eigenvalue weighted by Gasteiger charge is 2.46. The standard InChI is InChI=1S/C20H20F3N3O/c21-20(22,23)15-4-2-13(3-5-15)14-7-11-24-17(12-14)16-6-9-19(26-16)8-1-10-25-18(19)27/h2-5,7,11-12,16,26H,1,6,8-10H2,(H,25,27)/t16-,19+/m0/s1. The topological polar surface area (TPSA) is 54.0 Å². The first kappa shape index (κ1) is 18.0. The number of hydrogen-bond donors (Lipinski definition) is 2. The second-order valence-corrected chi connectivity index (χ2v) is 7.22. The van der Waals surface area contributed by atoms with Gasteiger partial charge in [0.25, 0.3) is 0 Å². The van der Waals surface area contributed by atoms with Crippen LogP contribution in [-0.2, 0) is 11.0 Å². The summed E-state index contributed by atoms with van der Waals surface area (Å²) in [5.41, 5.74) is 1.14. The van der Waals surface area contributed by atoms with E-state index < -0.39 is 17.3 Å². The molecule has 1 aromatic heterocycles. The van der Waals surface area contributed by atoms with E-state index in [2.05, 4.69) is 15.6 Å². The second kappa shape index (κ2) is 6.64. The summed E-state index contributed by atoms with van der Waals surface area (Å²) < 4.78 is 38.2. The van der Waals surface area contributed by atoms with Crippen molar-refractivity contribution in [2.45, 2.75) is 43.4 Å². The number of aromatic nitrogens is 1. The zero-order valence-electron chi connectivity index (χ0n) is 14.6. The Morgan fingerprint density at radius 2 is 1.85 bits per heavy atom. The van der Waals surface area contributed by atoms with Gasteiger partial charge in [0, 0.05) is 12.7 Å². The normalized spacial score (nSPS) is 25.6. The van der Waals surface area contributed by atoms with E-state index in [9.17, 15) is 18.0 Å². The van der Waals surface area contributed by atoms with Crippen LogP contribution in [-0.4, -0.2) is 23.0 Å². The molecule has 7 heteroatoms. The average Bonchev–Trinajstić information content (AvgIpc) is 3.09. The molecule has 2 aromatic rings. The number of carbonyl (C=O) groups excluding carboxylic acids is 1. The summed E-state index contributed by atoms with van der Waals surface area (Å²) >= 11 is 0. The van der Waals surface area contributed by atoms with Gasteiger partial charge in [0.05, 0.1) is 22.8 Å². The van der Waals surface area contributed by atoms with Crippen LogP contribution in [0.15, 0.2) is 42.6 Å². The molecule has 1 aromatic carbocycles. The first-order valence-corrected chi connectivity index (χ1v) is 9.07. The van der Waals surface area contributed by atoms with Crippen LogP contribution in [0, 0.1) is 0 Å². The van der Waals surface area contributed by atoms with Gasteiger partial charge in [0.15, 0.2) is 0 Å². The predicted octanol–water partition coefficient (Wildman–Crippen LogP) is 3.84. The Balaban J connectivity index is 1.56. The lowest BCUT2D eigenvalue weighted by atomic mass is 9.88. The Morgan fingerprint density at radius 3 is 2.56 bits per heavy atom. The highest BCUT2D eigenvalue weighted by Crippen LogP contribution is 2.37. The SMILES string of the molecule is O=C1NCCC[C@@]12CC[C@@H](c1cc(-c3ccc(C(F)(F)F)cc3)ccn1)N2. The van der Waals surface area contributed by atoms with Gasteiger partial charge in [0.2, 0.25) is 5.91 Å². The van der Waals surface area contributed by atoms with Crippen LogP contribution in [0.25, 0.3) is 11.1 Å². The molecular formula is C20H20F3N3O. The van der Waals surface area contributed by atoms with Crippen molar-refractivity contribution in [3.8, 4) is 11.1 Å². The third-order valence-electron chi connectivity index (χ3n) is 5.49. The number of pyridine rings is 1. The number of halogens is 3. The average molecular weight is 375 g/mol. The summed E-state index contributed by atoms with van der Waals surface area (Å²) in [4.78, 5) is 16.7. The zero-order valence-corrected chi connectivity index (χ0v) is 14.6. The fourth-order valence-electron chi connectivity index (χ4n) is 4.01. The molecule has 4 rings (SSSR count). The van der Waals surface area contributed by atoms with E-state index in [1.807, 2.05) is 6.07 Å². The molecule has 2 aliphatic heterocycles. The van der Waals surface area contributed by atoms with Gasteiger partial charge in [0.1, 0.15) is 0 Å². The molecule has 3 heterocycles. The molecule has 0 radical (unpaired) electrons. The number of nitrogens with one attached hydrogen (secondary N) is 2. The van der Waals surface area contributed by atoms with Gasteiger partial charge in [-0.05, 0) is 61.1 Å². The molecule has 0 unspecified atom stereocenters. The summed E-state index contributed by atoms with van der Waals surface area (Å²) in [5.74, 6) is 0.0511. The summed E-state index contributed by atoms with van der Waals surface area (Å²) in [6.45, 7) is 0.717. The van der Waals surface area contributed by atoms with Crippen LogP contribution in [0.4, 0.5) is 13.2 Å². The molecule has 2 fully saturated rings. The Bertz CT molecular complexity index is 850. The van der Waals surface area contributed by atoms with Crippen molar-refractivity contribution in [1.29, 1.82) is 0 Å². The van der Waals surface area contributed by atoms with Crippen LogP contribution in [0.5, 0.6) is 0 Å². The van der Waals surface area contributed by atoms with E-state index in [1.165, 1.54) is 12.1 Å². The van der Waals surface area contributed by atoms with Crippen molar-refractivity contribution in [2.75, 3.05) is 6.54 Å². The Labute approximate surface area is 155 Å². The molecule has 2 aliphatic rings. The van der Waals surface area contributed by atoms with Crippen molar-refractivity contribution in [3.63, 3.8) is 0 Å². The number of amides is 1. The molecule has 0 bridgehead atoms. The Hall–Kier alpha value is -2.41. The predicted molar refractivity (Wildman–Crippen MR) is 94.8 cm³/mol. The summed E-state index contributed by atoms with van der Waals surface area (Å²) in [7, 11) is 0. The van der Waals surface area contributed by atoms with Gasteiger partial charge in [-0.1, -0.05) is 12.1 Å². The third-order valence-corrected chi connectivity index (χ3v) is 5.49. The Kier molecular flexibility index (Phi) is 4.42. The maximum atomic E-state index is 12.7. The minimum Gasteiger partial charge on any atom is -0.354 e. The lowest BCUT2D eigenvalue weighted by Crippen LogP contribution is -2.57. The summed E-state index contributed by atoms with van der Waals surface area (Å²) in [5, 5.41) is 6.38. The first-order chi connectivity index (χ1) is 12.9. The largest absolute Gasteiger partial charge is 0.416 e. The first-order valence-electron chi connectivity index (χ1n) is 9.07. The van der Waals surface area contributed by atoms with Gasteiger partial charge in [-0.3, -0.25) is 15.1 Å². The molecule has 0 aliphatic carbocycles. The minimum absolute atomic E-state index is 0.0387. The summed E-state index contributed by atoms with van der Waals surface area (Å²) in [6.07, 6.45) is 0.644. The third kappa shape index (κ3) is 3.43. The summed E-state index contributed by atoms with van der Waals surface area (Å²) in [6, 6.07) is 8.75. The number of piperidine rings is 1. The molecule has 142 valence electrons. The molecule has 1 amide bonds. The van der Waals surface area contributed by atoms with E-state index in [0.29, 0.717) is 12.1 Å². The van der Waals surface area contributed by atoms with Gasteiger partial charge >= 0.3 is 6.18 Å². The fourth-order valence-corrected chi connectivity index (χ4v) is 4.01. The van der Waals surface area contributed by atoms with Crippen molar-refractivity contribution in [1.82, 2.24) is 15.6 Å². The molecular weight excluding hydrogens is 355 g/mol. The smallest absolute Gasteiger partial charge is 0.354 e. The molecule has 2 saturated heterocycles. The van der Waals surface area contributed by atoms with E-state index >= 15 is 0 Å². The highest BCUT2D eigenvalue weighted by molar-refractivity contribution is 5.87. The minimum atomic E-state index is -4.34. The number of alkyl halides is 3. The van der Waals surface area contributed by atoms with Crippen molar-refractivity contribution in [2.24, 2.45) is 0 Å². The number of rotatable bonds is 2. The highest BCUT2D eigenvalue weighted by atomic mass is 19.4. The van der Waals surface area contributed by atoms with Gasteiger partial charge in [-0.25, -0.2) is 0 Å². The van der Waals surface area contributed by atoms with Crippen LogP contribution >= 0.6 is 0 Å². The van der Waals surface area contributed by atoms with E-state index in [4.69, 9.17) is 0 Å². The van der Waals surface area contributed by atoms with Crippen LogP contribution < -0.4 is 10.6 Å². The number of carbonyl (C=O) groups is 1. The molecule has 4 nitrogen and oxygen atoms in total. The lowest BCUT2D eigenvalue weighted by Gasteiger charge is -2.33.